The van der Waals surface area contributed by atoms with Crippen LogP contribution in [0.15, 0.2) is 24.4 Å². The predicted molar refractivity (Wildman–Crippen MR) is 77.6 cm³/mol. The van der Waals surface area contributed by atoms with Crippen LogP contribution in [0.4, 0.5) is 5.69 Å². The van der Waals surface area contributed by atoms with Crippen LogP contribution in [0.2, 0.25) is 0 Å². The van der Waals surface area contributed by atoms with E-state index in [1.54, 1.807) is 22.9 Å². The molecule has 1 aliphatic heterocycles. The number of anilines is 1. The fraction of sp³-hybridized carbons (Fsp3) is 0.267. The molecule has 6 nitrogen and oxygen atoms in total. The van der Waals surface area contributed by atoms with Crippen molar-refractivity contribution in [2.75, 3.05) is 5.73 Å². The quantitative estimate of drug-likeness (QED) is 0.681. The molecule has 0 unspecified atom stereocenters. The number of amides is 2. The zero-order valence-corrected chi connectivity index (χ0v) is 12.0. The summed E-state index contributed by atoms with van der Waals surface area (Å²) in [6.45, 7) is 2.23. The lowest BCUT2D eigenvalue weighted by atomic mass is 10.1. The van der Waals surface area contributed by atoms with Crippen LogP contribution >= 0.6 is 0 Å². The van der Waals surface area contributed by atoms with Gasteiger partial charge in [0.25, 0.3) is 11.8 Å². The Morgan fingerprint density at radius 2 is 1.90 bits per heavy atom. The molecule has 3 rings (SSSR count). The Hall–Kier alpha value is -2.63. The van der Waals surface area contributed by atoms with Gasteiger partial charge >= 0.3 is 0 Å². The minimum Gasteiger partial charge on any atom is -0.399 e. The van der Waals surface area contributed by atoms with Crippen molar-refractivity contribution in [3.63, 3.8) is 0 Å². The van der Waals surface area contributed by atoms with Crippen LogP contribution < -0.4 is 5.73 Å². The summed E-state index contributed by atoms with van der Waals surface area (Å²) in [4.78, 5) is 26.0. The maximum Gasteiger partial charge on any atom is 0.261 e. The second-order valence-electron chi connectivity index (χ2n) is 5.13. The fourth-order valence-corrected chi connectivity index (χ4v) is 2.64. The molecule has 2 heterocycles. The molecule has 2 aromatic rings. The largest absolute Gasteiger partial charge is 0.399 e. The first-order valence-corrected chi connectivity index (χ1v) is 6.78. The first-order valence-electron chi connectivity index (χ1n) is 6.78. The van der Waals surface area contributed by atoms with Crippen LogP contribution in [0.3, 0.4) is 0 Å². The standard InChI is InChI=1S/C15H16N4O2/c1-3-13-9(7-18(2)17-13)8-19-14(20)11-5-4-10(16)6-12(11)15(19)21/h4-7H,3,8,16H2,1-2H3. The highest BCUT2D eigenvalue weighted by atomic mass is 16.2. The molecule has 6 heteroatoms. The summed E-state index contributed by atoms with van der Waals surface area (Å²) in [5.41, 5.74) is 8.75. The van der Waals surface area contributed by atoms with E-state index >= 15 is 0 Å². The van der Waals surface area contributed by atoms with Gasteiger partial charge in [0.2, 0.25) is 0 Å². The molecule has 0 bridgehead atoms. The summed E-state index contributed by atoms with van der Waals surface area (Å²) in [5.74, 6) is -0.575. The summed E-state index contributed by atoms with van der Waals surface area (Å²) in [5, 5.41) is 4.33. The highest BCUT2D eigenvalue weighted by molar-refractivity contribution is 6.21. The summed E-state index contributed by atoms with van der Waals surface area (Å²) >= 11 is 0. The zero-order valence-electron chi connectivity index (χ0n) is 12.0. The smallest absolute Gasteiger partial charge is 0.261 e. The minimum absolute atomic E-state index is 0.239. The van der Waals surface area contributed by atoms with Gasteiger partial charge in [-0.3, -0.25) is 19.2 Å². The number of carbonyl (C=O) groups is 2. The maximum atomic E-state index is 12.4. The molecule has 0 spiro atoms. The third-order valence-corrected chi connectivity index (χ3v) is 3.65. The Kier molecular flexibility index (Phi) is 3.01. The van der Waals surface area contributed by atoms with Gasteiger partial charge in [-0.1, -0.05) is 6.92 Å². The molecule has 0 radical (unpaired) electrons. The highest BCUT2D eigenvalue weighted by Gasteiger charge is 2.36. The number of benzene rings is 1. The Bertz CT molecular complexity index is 748. The molecule has 0 aliphatic carbocycles. The lowest BCUT2D eigenvalue weighted by Gasteiger charge is -2.13. The van der Waals surface area contributed by atoms with Crippen molar-refractivity contribution >= 4 is 17.5 Å². The third-order valence-electron chi connectivity index (χ3n) is 3.65. The van der Waals surface area contributed by atoms with E-state index in [0.717, 1.165) is 17.7 Å². The SMILES string of the molecule is CCc1nn(C)cc1CN1C(=O)c2ccc(N)cc2C1=O. The molecule has 2 N–H and O–H groups in total. The van der Waals surface area contributed by atoms with E-state index in [1.165, 1.54) is 4.90 Å². The van der Waals surface area contributed by atoms with Crippen molar-refractivity contribution in [3.8, 4) is 0 Å². The Labute approximate surface area is 122 Å². The number of nitrogens with zero attached hydrogens (tertiary/aromatic N) is 3. The number of nitrogens with two attached hydrogens (primary N) is 1. The average molecular weight is 284 g/mol. The first-order chi connectivity index (χ1) is 10.0. The topological polar surface area (TPSA) is 81.2 Å². The van der Waals surface area contributed by atoms with Gasteiger partial charge in [-0.15, -0.1) is 0 Å². The van der Waals surface area contributed by atoms with Crippen LogP contribution in [0.5, 0.6) is 0 Å². The van der Waals surface area contributed by atoms with Crippen molar-refractivity contribution in [3.05, 3.63) is 46.8 Å². The van der Waals surface area contributed by atoms with Crippen LogP contribution in [0.25, 0.3) is 0 Å². The molecular formula is C15H16N4O2. The van der Waals surface area contributed by atoms with Gasteiger partial charge < -0.3 is 5.73 Å². The Balaban J connectivity index is 1.95. The zero-order chi connectivity index (χ0) is 15.1. The summed E-state index contributed by atoms with van der Waals surface area (Å²) in [6.07, 6.45) is 2.60. The molecule has 2 amide bonds. The van der Waals surface area contributed by atoms with E-state index in [2.05, 4.69) is 5.10 Å². The number of hydrogen-bond donors (Lipinski definition) is 1. The van der Waals surface area contributed by atoms with Gasteiger partial charge in [0.1, 0.15) is 0 Å². The van der Waals surface area contributed by atoms with E-state index in [1.807, 2.05) is 20.2 Å². The van der Waals surface area contributed by atoms with Gasteiger partial charge in [0, 0.05) is 24.5 Å². The molecule has 1 aliphatic rings. The second kappa shape index (κ2) is 4.73. The number of fused-ring (bicyclic) bond motifs is 1. The number of aryl methyl sites for hydroxylation is 2. The van der Waals surface area contributed by atoms with Crippen molar-refractivity contribution in [1.29, 1.82) is 0 Å². The third kappa shape index (κ3) is 2.08. The predicted octanol–water partition coefficient (Wildman–Crippen LogP) is 1.36. The van der Waals surface area contributed by atoms with Gasteiger partial charge in [-0.25, -0.2) is 0 Å². The molecule has 0 saturated heterocycles. The van der Waals surface area contributed by atoms with Gasteiger partial charge in [0.15, 0.2) is 0 Å². The van der Waals surface area contributed by atoms with Crippen LogP contribution in [-0.2, 0) is 20.0 Å². The molecule has 0 fully saturated rings. The normalized spacial score (nSPS) is 13.9. The molecule has 1 aromatic carbocycles. The van der Waals surface area contributed by atoms with E-state index < -0.39 is 0 Å². The second-order valence-corrected chi connectivity index (χ2v) is 5.13. The maximum absolute atomic E-state index is 12.4. The van der Waals surface area contributed by atoms with E-state index in [9.17, 15) is 9.59 Å². The van der Waals surface area contributed by atoms with E-state index in [4.69, 9.17) is 5.73 Å². The molecule has 108 valence electrons. The first kappa shape index (κ1) is 13.4. The summed E-state index contributed by atoms with van der Waals surface area (Å²) in [7, 11) is 1.83. The number of rotatable bonds is 3. The van der Waals surface area contributed by atoms with E-state index in [-0.39, 0.29) is 18.4 Å². The summed E-state index contributed by atoms with van der Waals surface area (Å²) < 4.78 is 1.70. The molecule has 0 saturated carbocycles. The number of imide groups is 1. The molecular weight excluding hydrogens is 268 g/mol. The van der Waals surface area contributed by atoms with Crippen molar-refractivity contribution in [1.82, 2.24) is 14.7 Å². The molecule has 21 heavy (non-hydrogen) atoms. The van der Waals surface area contributed by atoms with Crippen molar-refractivity contribution in [2.45, 2.75) is 19.9 Å². The monoisotopic (exact) mass is 284 g/mol. The number of carbonyl (C=O) groups excluding carboxylic acids is 2. The summed E-state index contributed by atoms with van der Waals surface area (Å²) in [6, 6.07) is 4.80. The van der Waals surface area contributed by atoms with E-state index in [0.29, 0.717) is 16.8 Å². The number of nitrogen functional groups attached to an aromatic ring is 1. The lowest BCUT2D eigenvalue weighted by Crippen LogP contribution is -2.29. The van der Waals surface area contributed by atoms with Crippen LogP contribution in [-0.4, -0.2) is 26.5 Å². The highest BCUT2D eigenvalue weighted by Crippen LogP contribution is 2.26. The number of aromatic nitrogens is 2. The van der Waals surface area contributed by atoms with Crippen LogP contribution in [0.1, 0.15) is 38.9 Å². The van der Waals surface area contributed by atoms with Gasteiger partial charge in [-0.05, 0) is 24.6 Å². The minimum atomic E-state index is -0.298. The van der Waals surface area contributed by atoms with Crippen molar-refractivity contribution in [2.24, 2.45) is 7.05 Å². The van der Waals surface area contributed by atoms with Gasteiger partial charge in [0.05, 0.1) is 23.4 Å². The average Bonchev–Trinajstić information content (AvgIpc) is 2.92. The Morgan fingerprint density at radius 3 is 2.62 bits per heavy atom. The Morgan fingerprint density at radius 1 is 1.19 bits per heavy atom. The van der Waals surface area contributed by atoms with Gasteiger partial charge in [-0.2, -0.15) is 5.10 Å². The molecule has 0 atom stereocenters. The molecule has 1 aromatic heterocycles. The van der Waals surface area contributed by atoms with Crippen LogP contribution in [0, 0.1) is 0 Å². The number of hydrogen-bond acceptors (Lipinski definition) is 4. The lowest BCUT2D eigenvalue weighted by molar-refractivity contribution is 0.0642. The van der Waals surface area contributed by atoms with Crippen molar-refractivity contribution < 1.29 is 9.59 Å². The fourth-order valence-electron chi connectivity index (χ4n) is 2.64.